The zero-order valence-electron chi connectivity index (χ0n) is 21.3. The molecule has 14 heteroatoms. The average molecular weight is 569 g/mol. The maximum atomic E-state index is 14.0. The molecule has 0 bridgehead atoms. The van der Waals surface area contributed by atoms with Crippen LogP contribution in [0.4, 0.5) is 23.7 Å². The molecule has 0 saturated carbocycles. The van der Waals surface area contributed by atoms with E-state index in [0.717, 1.165) is 15.3 Å². The molecule has 210 valence electrons. The van der Waals surface area contributed by atoms with Crippen LogP contribution in [-0.4, -0.2) is 71.6 Å². The number of carbonyl (C=O) groups excluding carboxylic acids is 3. The number of hydrogen-bond acceptors (Lipinski definition) is 7. The largest absolute Gasteiger partial charge is 0.490 e. The number of benzene rings is 1. The number of thiophene rings is 1. The topological polar surface area (TPSA) is 120 Å². The van der Waals surface area contributed by atoms with E-state index in [1.165, 1.54) is 18.4 Å². The van der Waals surface area contributed by atoms with Crippen LogP contribution in [0.1, 0.15) is 32.9 Å². The van der Waals surface area contributed by atoms with E-state index in [0.29, 0.717) is 38.8 Å². The van der Waals surface area contributed by atoms with Crippen molar-refractivity contribution in [1.29, 1.82) is 0 Å². The van der Waals surface area contributed by atoms with Gasteiger partial charge in [-0.1, -0.05) is 6.07 Å². The van der Waals surface area contributed by atoms with Crippen LogP contribution < -0.4 is 15.4 Å². The highest BCUT2D eigenvalue weighted by Gasteiger charge is 2.58. The molecular weight excluding hydrogens is 541 g/mol. The number of nitrogens with zero attached hydrogens (tertiary/aromatic N) is 2. The summed E-state index contributed by atoms with van der Waals surface area (Å²) in [5.74, 6) is -1.37. The van der Waals surface area contributed by atoms with Gasteiger partial charge in [0.1, 0.15) is 18.9 Å². The summed E-state index contributed by atoms with van der Waals surface area (Å²) in [5.41, 5.74) is 0.799. The number of urea groups is 1. The Morgan fingerprint density at radius 3 is 2.72 bits per heavy atom. The lowest BCUT2D eigenvalue weighted by Gasteiger charge is -2.32. The van der Waals surface area contributed by atoms with Crippen molar-refractivity contribution in [3.8, 4) is 5.75 Å². The molecule has 1 aliphatic carbocycles. The van der Waals surface area contributed by atoms with Crippen molar-refractivity contribution in [2.24, 2.45) is 0 Å². The van der Waals surface area contributed by atoms with Gasteiger partial charge in [0.15, 0.2) is 11.6 Å². The number of alkyl halides is 3. The molecule has 10 nitrogen and oxygen atoms in total. The maximum absolute atomic E-state index is 14.0. The zero-order valence-corrected chi connectivity index (χ0v) is 22.2. The molecule has 1 aromatic carbocycles. The fraction of sp³-hybridized carbons (Fsp3) is 0.480. The Labute approximate surface area is 225 Å². The fourth-order valence-electron chi connectivity index (χ4n) is 5.29. The normalized spacial score (nSPS) is 24.3. The van der Waals surface area contributed by atoms with Crippen molar-refractivity contribution in [2.45, 2.75) is 57.5 Å². The Kier molecular flexibility index (Phi) is 6.75. The first-order valence-corrected chi connectivity index (χ1v) is 13.0. The molecule has 3 aliphatic rings. The van der Waals surface area contributed by atoms with Crippen LogP contribution in [0.3, 0.4) is 0 Å². The fourth-order valence-corrected chi connectivity index (χ4v) is 6.41. The first kappa shape index (κ1) is 27.2. The van der Waals surface area contributed by atoms with Crippen molar-refractivity contribution >= 4 is 34.9 Å². The lowest BCUT2D eigenvalue weighted by molar-refractivity contribution is -0.200. The molecule has 2 aromatic rings. The number of rotatable bonds is 3. The number of nitrogens with one attached hydrogen (secondary N) is 2. The molecule has 3 N–H and O–H groups in total. The Balaban J connectivity index is 1.39. The number of amides is 4. The Morgan fingerprint density at radius 2 is 2.03 bits per heavy atom. The second kappa shape index (κ2) is 9.68. The van der Waals surface area contributed by atoms with Crippen LogP contribution in [0.5, 0.6) is 5.75 Å². The summed E-state index contributed by atoms with van der Waals surface area (Å²) in [6.45, 7) is 1.64. The number of halogens is 3. The van der Waals surface area contributed by atoms with Gasteiger partial charge in [-0.25, -0.2) is 4.79 Å². The third-order valence-electron chi connectivity index (χ3n) is 7.43. The SMILES string of the molecule is CNC(=O)Nc1ccc2c(c1)CC[C@]21OC(O)N(CC(=O)N2Cc3sc(C)c(C)c3OC[C@H]2C(F)(F)F)C1=O. The van der Waals surface area contributed by atoms with E-state index in [9.17, 15) is 32.7 Å². The first-order chi connectivity index (χ1) is 18.4. The van der Waals surface area contributed by atoms with Crippen LogP contribution in [0, 0.1) is 13.8 Å². The highest BCUT2D eigenvalue weighted by molar-refractivity contribution is 7.12. The number of aryl methyl sites for hydroxylation is 2. The molecular formula is C25H27F3N4O6S. The van der Waals surface area contributed by atoms with E-state index in [2.05, 4.69) is 10.6 Å². The molecule has 1 saturated heterocycles. The number of carbonyl (C=O) groups is 3. The summed E-state index contributed by atoms with van der Waals surface area (Å²) < 4.78 is 53.2. The Bertz CT molecular complexity index is 1350. The highest BCUT2D eigenvalue weighted by Crippen LogP contribution is 2.47. The van der Waals surface area contributed by atoms with Gasteiger partial charge in [0.25, 0.3) is 5.91 Å². The van der Waals surface area contributed by atoms with Crippen molar-refractivity contribution in [2.75, 3.05) is 25.5 Å². The zero-order chi connectivity index (χ0) is 28.3. The van der Waals surface area contributed by atoms with Gasteiger partial charge in [0.05, 0.1) is 11.4 Å². The molecule has 39 heavy (non-hydrogen) atoms. The number of anilines is 1. The van der Waals surface area contributed by atoms with Gasteiger partial charge in [-0.2, -0.15) is 13.2 Å². The van der Waals surface area contributed by atoms with Crippen LogP contribution >= 0.6 is 11.3 Å². The van der Waals surface area contributed by atoms with E-state index in [1.54, 1.807) is 25.1 Å². The highest BCUT2D eigenvalue weighted by atomic mass is 32.1. The predicted molar refractivity (Wildman–Crippen MR) is 133 cm³/mol. The Hall–Kier alpha value is -3.36. The van der Waals surface area contributed by atoms with E-state index in [4.69, 9.17) is 9.47 Å². The summed E-state index contributed by atoms with van der Waals surface area (Å²) in [7, 11) is 1.47. The van der Waals surface area contributed by atoms with Gasteiger partial charge in [-0.15, -0.1) is 11.3 Å². The lowest BCUT2D eigenvalue weighted by Crippen LogP contribution is -2.54. The number of aliphatic hydroxyl groups is 1. The quantitative estimate of drug-likeness (QED) is 0.524. The third-order valence-corrected chi connectivity index (χ3v) is 8.60. The standard InChI is InChI=1S/C25H27F3N4O6S/c1-12-13(2)39-17-9-31(18(25(26,27)28)11-37-20(12)17)19(33)10-32-21(34)24(38-23(32)36)7-6-14-8-15(4-5-16(14)24)30-22(35)29-3/h4-5,8,18,23,36H,6-7,9-11H2,1-3H3,(H2,29,30,35)/t18-,23?,24-/m0/s1. The first-order valence-electron chi connectivity index (χ1n) is 12.2. The van der Waals surface area contributed by atoms with Crippen LogP contribution in [0.25, 0.3) is 0 Å². The number of ether oxygens (including phenoxy) is 2. The molecule has 2 aliphatic heterocycles. The van der Waals surface area contributed by atoms with E-state index >= 15 is 0 Å². The van der Waals surface area contributed by atoms with Gasteiger partial charge < -0.3 is 30.1 Å². The van der Waals surface area contributed by atoms with Gasteiger partial charge in [-0.3, -0.25) is 14.5 Å². The van der Waals surface area contributed by atoms with Crippen LogP contribution in [-0.2, 0) is 32.9 Å². The van der Waals surface area contributed by atoms with Crippen LogP contribution in [0.15, 0.2) is 18.2 Å². The van der Waals surface area contributed by atoms with Crippen molar-refractivity contribution in [1.82, 2.24) is 15.1 Å². The summed E-state index contributed by atoms with van der Waals surface area (Å²) in [4.78, 5) is 41.3. The minimum atomic E-state index is -4.77. The monoisotopic (exact) mass is 568 g/mol. The van der Waals surface area contributed by atoms with E-state index < -0.39 is 55.2 Å². The summed E-state index contributed by atoms with van der Waals surface area (Å²) in [5, 5.41) is 15.7. The third kappa shape index (κ3) is 4.59. The number of fused-ring (bicyclic) bond motifs is 3. The molecule has 1 fully saturated rings. The smallest absolute Gasteiger partial charge is 0.412 e. The van der Waals surface area contributed by atoms with Gasteiger partial charge in [0.2, 0.25) is 12.3 Å². The van der Waals surface area contributed by atoms with Crippen LogP contribution in [0.2, 0.25) is 0 Å². The van der Waals surface area contributed by atoms with Crippen molar-refractivity contribution < 1.29 is 42.1 Å². The average Bonchev–Trinajstić information content (AvgIpc) is 3.38. The molecule has 1 unspecified atom stereocenters. The summed E-state index contributed by atoms with van der Waals surface area (Å²) in [6, 6.07) is 2.20. The molecule has 4 amide bonds. The second-order valence-corrected chi connectivity index (χ2v) is 11.0. The minimum Gasteiger partial charge on any atom is -0.490 e. The molecule has 5 rings (SSSR count). The molecule has 1 spiro atoms. The second-order valence-electron chi connectivity index (χ2n) is 9.71. The van der Waals surface area contributed by atoms with Gasteiger partial charge in [-0.05, 0) is 49.9 Å². The van der Waals surface area contributed by atoms with E-state index in [-0.39, 0.29) is 13.0 Å². The summed E-state index contributed by atoms with van der Waals surface area (Å²) >= 11 is 1.25. The maximum Gasteiger partial charge on any atom is 0.412 e. The molecule has 1 aromatic heterocycles. The van der Waals surface area contributed by atoms with Crippen molar-refractivity contribution in [3.05, 3.63) is 44.6 Å². The number of aliphatic hydroxyl groups excluding tert-OH is 1. The van der Waals surface area contributed by atoms with Gasteiger partial charge in [0, 0.05) is 23.2 Å². The van der Waals surface area contributed by atoms with Gasteiger partial charge >= 0.3 is 12.2 Å². The molecule has 0 radical (unpaired) electrons. The molecule has 3 heterocycles. The predicted octanol–water partition coefficient (Wildman–Crippen LogP) is 2.74. The number of hydrogen-bond donors (Lipinski definition) is 3. The Morgan fingerprint density at radius 1 is 1.28 bits per heavy atom. The van der Waals surface area contributed by atoms with Crippen molar-refractivity contribution in [3.63, 3.8) is 0 Å². The minimum absolute atomic E-state index is 0.159. The lowest BCUT2D eigenvalue weighted by atomic mass is 9.94. The summed E-state index contributed by atoms with van der Waals surface area (Å²) in [6.07, 6.45) is -6.06. The van der Waals surface area contributed by atoms with E-state index in [1.807, 2.05) is 6.92 Å². The molecule has 3 atom stereocenters.